The van der Waals surface area contributed by atoms with Crippen molar-refractivity contribution in [3.8, 4) is 73.3 Å². The minimum Gasteiger partial charge on any atom is -0.337 e. The Morgan fingerprint density at radius 1 is 0.399 bits per heavy atom. The summed E-state index contributed by atoms with van der Waals surface area (Å²) in [7, 11) is 13.4. The molecule has 0 saturated heterocycles. The highest BCUT2D eigenvalue weighted by atomic mass is 32.1. The number of nitrogens with two attached hydrogens (primary N) is 1. The highest BCUT2D eigenvalue weighted by Gasteiger charge is 2.25. The normalized spacial score (nSPS) is 12.7. The summed E-state index contributed by atoms with van der Waals surface area (Å²) in [6.45, 7) is 11.1. The van der Waals surface area contributed by atoms with E-state index >= 15 is 0 Å². The number of likely N-dealkylation sites (N-methyl/N-ethyl adjacent to an activating group) is 1. The lowest BCUT2D eigenvalue weighted by atomic mass is 10.1. The molecule has 2 aliphatic rings. The summed E-state index contributed by atoms with van der Waals surface area (Å²) in [6, 6.07) is 28.4. The van der Waals surface area contributed by atoms with Crippen molar-refractivity contribution in [2.75, 3.05) is 79.9 Å². The van der Waals surface area contributed by atoms with Crippen molar-refractivity contribution in [3.05, 3.63) is 317 Å². The van der Waals surface area contributed by atoms with Gasteiger partial charge in [-0.1, -0.05) is 12.2 Å². The van der Waals surface area contributed by atoms with E-state index in [-0.39, 0.29) is 6.04 Å². The third-order valence-electron chi connectivity index (χ3n) is 24.8. The standard InChI is InChI=1S/2C22H23N9.C21H21N9.2C19H20N8S/c1-15(23-2)19-13-31-20(16-10-26-29(3)12-16)11-25-22(31)21(28-19)27-17-4-6-18(7-5-17)30-9-8-24-14-30;1-23-8-7-18-14-31-20(16-11-26-29(2)13-16)12-25-22(31)21(28-18)27-17-3-5-19(6-4-17)30-10-9-24-15-30;1-28-12-15(10-25-28)19-11-24-21-20(27-17(6-7-22)13-30(19)21)26-16-2-4-18(5-3-16)29-9-8-23-14-29;1-12-7-17(28-25-12)24-18-19-21-9-16(14-8-22-26(2)10-14)27(19)11-15(23-18)13-3-5-20-6-4-13;1-12-6-17(28-25-12)24-18-19-21-9-16(14-8-22-26(2)10-14)27(19)11-15(23-18)13-4-3-5-20-7-13/h4-15,23H,1-3H3,(H,27,28);3-6,9-15,23H,7-8H2,1-2H3,(H,27,28);2-5,8-14H,6-7,22H2,1H3,(H,26,27);3,7-11,20H,4-6H2,1-2H3,(H,23,24);4,6,8-11,20H,3,5,7H2,1-2H3,(H,23,24). The predicted octanol–water partition coefficient (Wildman–Crippen LogP) is 14.8. The number of hydrogen-bond donors (Lipinski definition) is 10. The Bertz CT molecular complexity index is 8370. The Balaban J connectivity index is 0.000000108. The maximum Gasteiger partial charge on any atom is 0.181 e. The number of aromatic nitrogens is 33. The Kier molecular flexibility index (Phi) is 28.1. The molecular weight excluding hydrogens is 1900 g/mol. The van der Waals surface area contributed by atoms with Crippen LogP contribution in [0.3, 0.4) is 0 Å². The van der Waals surface area contributed by atoms with E-state index in [1.165, 1.54) is 34.2 Å². The van der Waals surface area contributed by atoms with Gasteiger partial charge in [-0.05, 0) is 186 Å². The van der Waals surface area contributed by atoms with Crippen LogP contribution < -0.4 is 53.6 Å². The summed E-state index contributed by atoms with van der Waals surface area (Å²) < 4.78 is 33.9. The van der Waals surface area contributed by atoms with Crippen molar-refractivity contribution in [2.24, 2.45) is 41.0 Å². The van der Waals surface area contributed by atoms with Gasteiger partial charge in [-0.2, -0.15) is 34.2 Å². The molecule has 0 fully saturated rings. The SMILES string of the molecule is CNC(C)c1cn2c(-c3cnn(C)c3)cnc2c(Nc2ccc(-n3ccnc3)cc2)n1.CNCCc1cn2c(-c3cnn(C)c3)cnc2c(Nc2ccc(-n3ccnc3)cc2)n1.Cc1cc(Nc2nc(C3=CCCNC3)cn3c(-c4cnn(C)c4)cnc23)sn1.Cc1cc(Nc2nc(C3=CCNCC3)cn3c(-c4cnn(C)c4)cnc23)sn1.Cn1cc(-c2cnc3c(Nc4ccc(-n5ccnc5)cc4)nc(CCN)cn23)cn1. The molecule has 43 nitrogen and oxygen atoms in total. The topological polar surface area (TPSA) is 454 Å². The monoisotopic (exact) mass is 2010 g/mol. The van der Waals surface area contributed by atoms with Gasteiger partial charge in [-0.15, -0.1) is 0 Å². The van der Waals surface area contributed by atoms with Crippen LogP contribution in [0.2, 0.25) is 0 Å². The summed E-state index contributed by atoms with van der Waals surface area (Å²) in [6.07, 6.45) is 62.9. The average molecular weight is 2010 g/mol. The summed E-state index contributed by atoms with van der Waals surface area (Å²) >= 11 is 2.85. The smallest absolute Gasteiger partial charge is 0.181 e. The van der Waals surface area contributed by atoms with Gasteiger partial charge in [-0.25, -0.2) is 64.8 Å². The second kappa shape index (κ2) is 43.3. The van der Waals surface area contributed by atoms with Crippen LogP contribution in [-0.4, -0.2) is 212 Å². The van der Waals surface area contributed by atoms with Gasteiger partial charge in [0.2, 0.25) is 0 Å². The number of benzene rings is 3. The fraction of sp³-hybridized carbons (Fsp3) is 0.204. The Hall–Kier alpha value is -18.0. The zero-order chi connectivity index (χ0) is 101. The van der Waals surface area contributed by atoms with Crippen molar-refractivity contribution in [1.29, 1.82) is 0 Å². The van der Waals surface area contributed by atoms with Gasteiger partial charge < -0.3 is 67.3 Å². The van der Waals surface area contributed by atoms with E-state index < -0.39 is 0 Å². The molecule has 0 bridgehead atoms. The Labute approximate surface area is 856 Å². The summed E-state index contributed by atoms with van der Waals surface area (Å²) in [5, 5.41) is 53.7. The van der Waals surface area contributed by atoms with Gasteiger partial charge >= 0.3 is 0 Å². The lowest BCUT2D eigenvalue weighted by molar-refractivity contribution is 0.629. The first-order valence-corrected chi connectivity index (χ1v) is 49.6. The van der Waals surface area contributed by atoms with Gasteiger partial charge in [0, 0.05) is 235 Å². The maximum absolute atomic E-state index is 5.79. The number of aryl methyl sites for hydroxylation is 7. The van der Waals surface area contributed by atoms with Gasteiger partial charge in [0.15, 0.2) is 57.3 Å². The van der Waals surface area contributed by atoms with Crippen LogP contribution in [0.1, 0.15) is 65.7 Å². The van der Waals surface area contributed by atoms with Gasteiger partial charge in [0.05, 0.1) is 149 Å². The lowest BCUT2D eigenvalue weighted by Crippen LogP contribution is -2.22. The highest BCUT2D eigenvalue weighted by molar-refractivity contribution is 7.10. The summed E-state index contributed by atoms with van der Waals surface area (Å²) in [5.74, 6) is 3.56. The Morgan fingerprint density at radius 3 is 1.09 bits per heavy atom. The van der Waals surface area contributed by atoms with Crippen molar-refractivity contribution in [2.45, 2.75) is 52.5 Å². The molecule has 20 aromatic heterocycles. The number of nitrogens with one attached hydrogen (secondary N) is 9. The zero-order valence-electron chi connectivity index (χ0n) is 82.8. The fourth-order valence-corrected chi connectivity index (χ4v) is 18.5. The van der Waals surface area contributed by atoms with Crippen LogP contribution in [0.25, 0.3) is 113 Å². The minimum atomic E-state index is 0.0812. The Morgan fingerprint density at radius 2 is 0.770 bits per heavy atom. The molecule has 0 aliphatic carbocycles. The lowest BCUT2D eigenvalue weighted by Gasteiger charge is -2.16. The number of imidazole rings is 8. The first kappa shape index (κ1) is 96.1. The molecule has 0 spiro atoms. The first-order chi connectivity index (χ1) is 72.4. The van der Waals surface area contributed by atoms with E-state index in [0.29, 0.717) is 24.6 Å². The van der Waals surface area contributed by atoms with E-state index in [2.05, 4.69) is 177 Å². The van der Waals surface area contributed by atoms with Gasteiger partial charge in [0.1, 0.15) is 10.0 Å². The third kappa shape index (κ3) is 21.5. The molecule has 2 aliphatic heterocycles. The van der Waals surface area contributed by atoms with Crippen LogP contribution in [0, 0.1) is 13.8 Å². The quantitative estimate of drug-likeness (QED) is 0.0229. The van der Waals surface area contributed by atoms with Crippen LogP contribution in [0.4, 0.5) is 56.2 Å². The molecule has 1 unspecified atom stereocenters. The molecule has 23 aromatic rings. The third-order valence-corrected chi connectivity index (χ3v) is 26.4. The first-order valence-electron chi connectivity index (χ1n) is 48.0. The highest BCUT2D eigenvalue weighted by Crippen LogP contribution is 2.37. The molecule has 45 heteroatoms. The largest absolute Gasteiger partial charge is 0.337 e. The van der Waals surface area contributed by atoms with Crippen LogP contribution in [0.5, 0.6) is 0 Å². The second-order valence-corrected chi connectivity index (χ2v) is 37.1. The van der Waals surface area contributed by atoms with Crippen molar-refractivity contribution < 1.29 is 0 Å². The van der Waals surface area contributed by atoms with E-state index in [1.54, 1.807) is 61.0 Å². The number of hydrogen-bond acceptors (Lipinski definition) is 32. The second-order valence-electron chi connectivity index (χ2n) is 35.4. The van der Waals surface area contributed by atoms with Crippen LogP contribution in [0.15, 0.2) is 277 Å². The summed E-state index contributed by atoms with van der Waals surface area (Å²) in [4.78, 5) is 59.8. The van der Waals surface area contributed by atoms with Gasteiger partial charge in [-0.3, -0.25) is 45.4 Å². The molecule has 0 amide bonds. The molecule has 148 heavy (non-hydrogen) atoms. The molecule has 746 valence electrons. The molecular formula is C103H107N43S2. The summed E-state index contributed by atoms with van der Waals surface area (Å²) in [5.41, 5.74) is 34.5. The molecule has 3 aromatic carbocycles. The molecule has 1 atom stereocenters. The van der Waals surface area contributed by atoms with E-state index in [4.69, 9.17) is 30.7 Å². The molecule has 22 heterocycles. The molecule has 0 radical (unpaired) electrons. The van der Waals surface area contributed by atoms with E-state index in [1.807, 2.05) is 290 Å². The number of rotatable bonds is 27. The van der Waals surface area contributed by atoms with Crippen molar-refractivity contribution >= 4 is 119 Å². The molecule has 0 saturated carbocycles. The van der Waals surface area contributed by atoms with E-state index in [9.17, 15) is 0 Å². The number of fused-ring (bicyclic) bond motifs is 5. The van der Waals surface area contributed by atoms with Gasteiger partial charge in [0.25, 0.3) is 0 Å². The van der Waals surface area contributed by atoms with Crippen molar-refractivity contribution in [3.63, 3.8) is 0 Å². The molecule has 25 rings (SSSR count). The number of nitrogens with zero attached hydrogens (tertiary/aromatic N) is 33. The zero-order valence-corrected chi connectivity index (χ0v) is 84.4. The van der Waals surface area contributed by atoms with E-state index in [0.717, 1.165) is 238 Å². The van der Waals surface area contributed by atoms with Crippen LogP contribution in [-0.2, 0) is 48.1 Å². The number of anilines is 10. The van der Waals surface area contributed by atoms with Crippen LogP contribution >= 0.6 is 23.1 Å². The fourth-order valence-electron chi connectivity index (χ4n) is 17.2. The molecule has 11 N–H and O–H groups in total. The average Bonchev–Trinajstić information content (AvgIpc) is 1.60. The van der Waals surface area contributed by atoms with Crippen molar-refractivity contribution in [1.82, 2.24) is 179 Å². The maximum atomic E-state index is 5.79. The minimum absolute atomic E-state index is 0.0812. The predicted molar refractivity (Wildman–Crippen MR) is 576 cm³/mol.